The van der Waals surface area contributed by atoms with Gasteiger partial charge in [-0.3, -0.25) is 4.79 Å². The van der Waals surface area contributed by atoms with Gasteiger partial charge < -0.3 is 23.9 Å². The Morgan fingerprint density at radius 3 is 1.88 bits per heavy atom. The van der Waals surface area contributed by atoms with Crippen molar-refractivity contribution in [2.45, 2.75) is 19.9 Å². The van der Waals surface area contributed by atoms with E-state index >= 15 is 0 Å². The average molecular weight is 451 g/mol. The molecule has 3 rings (SSSR count). The number of esters is 1. The first-order valence-corrected chi connectivity index (χ1v) is 10.2. The number of aryl methyl sites for hydroxylation is 2. The maximum Gasteiger partial charge on any atom is 0.342 e. The Hall–Kier alpha value is -4.07. The van der Waals surface area contributed by atoms with Crippen LogP contribution in [-0.2, 0) is 9.53 Å². The van der Waals surface area contributed by atoms with Crippen LogP contribution in [-0.4, -0.2) is 32.7 Å². The number of nitrogens with one attached hydrogen (secondary N) is 1. The van der Waals surface area contributed by atoms with E-state index in [1.165, 1.54) is 13.0 Å². The van der Waals surface area contributed by atoms with Gasteiger partial charge in [-0.2, -0.15) is 0 Å². The first-order valence-electron chi connectivity index (χ1n) is 10.2. The van der Waals surface area contributed by atoms with Crippen LogP contribution in [0.1, 0.15) is 38.9 Å². The predicted octanol–water partition coefficient (Wildman–Crippen LogP) is 3.34. The molecule has 8 heteroatoms. The highest BCUT2D eigenvalue weighted by Crippen LogP contribution is 2.26. The lowest BCUT2D eigenvalue weighted by atomic mass is 9.98. The van der Waals surface area contributed by atoms with Crippen LogP contribution in [0.15, 0.2) is 63.8 Å². The molecule has 0 aliphatic heterocycles. The normalized spacial score (nSPS) is 10.6. The third-order valence-electron chi connectivity index (χ3n) is 5.08. The predicted molar refractivity (Wildman–Crippen MR) is 121 cm³/mol. The molecule has 0 radical (unpaired) electrons. The smallest absolute Gasteiger partial charge is 0.342 e. The highest BCUT2D eigenvalue weighted by molar-refractivity contribution is 5.93. The minimum atomic E-state index is -0.741. The maximum atomic E-state index is 12.7. The first-order chi connectivity index (χ1) is 15.8. The standard InChI is InChI=1S/C25H25NO7/c1-15-13-22(28)33-16(2)23(15)25(29)32-14-21(27)26-24(17-5-9-19(30-3)10-6-17)18-7-11-20(31-4)12-8-18/h5-13,24H,14H2,1-4H3,(H,26,27). The Labute approximate surface area is 191 Å². The Bertz CT molecular complexity index is 1110. The summed E-state index contributed by atoms with van der Waals surface area (Å²) in [7, 11) is 3.15. The van der Waals surface area contributed by atoms with E-state index in [9.17, 15) is 14.4 Å². The molecule has 33 heavy (non-hydrogen) atoms. The third-order valence-corrected chi connectivity index (χ3v) is 5.08. The van der Waals surface area contributed by atoms with Gasteiger partial charge in [-0.1, -0.05) is 24.3 Å². The summed E-state index contributed by atoms with van der Waals surface area (Å²) in [6, 6.07) is 15.3. The number of rotatable bonds is 8. The van der Waals surface area contributed by atoms with Crippen LogP contribution >= 0.6 is 0 Å². The van der Waals surface area contributed by atoms with Gasteiger partial charge in [0.15, 0.2) is 6.61 Å². The number of hydrogen-bond acceptors (Lipinski definition) is 7. The Morgan fingerprint density at radius 1 is 0.909 bits per heavy atom. The molecule has 1 heterocycles. The molecule has 3 aromatic rings. The van der Waals surface area contributed by atoms with E-state index in [4.69, 9.17) is 18.6 Å². The first kappa shape index (κ1) is 23.6. The van der Waals surface area contributed by atoms with Crippen LogP contribution in [0.3, 0.4) is 0 Å². The molecule has 0 fully saturated rings. The fourth-order valence-electron chi connectivity index (χ4n) is 3.42. The SMILES string of the molecule is COc1ccc(C(NC(=O)COC(=O)c2c(C)cc(=O)oc2C)c2ccc(OC)cc2)cc1. The molecule has 0 bridgehead atoms. The lowest BCUT2D eigenvalue weighted by Crippen LogP contribution is -2.33. The second-order valence-electron chi connectivity index (χ2n) is 7.30. The van der Waals surface area contributed by atoms with Crippen molar-refractivity contribution in [3.8, 4) is 11.5 Å². The van der Waals surface area contributed by atoms with Crippen LogP contribution < -0.4 is 20.4 Å². The van der Waals surface area contributed by atoms with Gasteiger partial charge in [-0.25, -0.2) is 9.59 Å². The molecule has 8 nitrogen and oxygen atoms in total. The number of methoxy groups -OCH3 is 2. The molecule has 1 amide bonds. The maximum absolute atomic E-state index is 12.7. The Balaban J connectivity index is 1.76. The van der Waals surface area contributed by atoms with Gasteiger partial charge in [0, 0.05) is 6.07 Å². The molecule has 0 unspecified atom stereocenters. The van der Waals surface area contributed by atoms with Gasteiger partial charge in [0.1, 0.15) is 22.8 Å². The van der Waals surface area contributed by atoms with E-state index in [2.05, 4.69) is 5.32 Å². The Kier molecular flexibility index (Phi) is 7.50. The number of carbonyl (C=O) groups is 2. The number of benzene rings is 2. The van der Waals surface area contributed by atoms with Gasteiger partial charge in [-0.15, -0.1) is 0 Å². The van der Waals surface area contributed by atoms with E-state index in [0.29, 0.717) is 17.1 Å². The minimum absolute atomic E-state index is 0.129. The van der Waals surface area contributed by atoms with Crippen LogP contribution in [0, 0.1) is 13.8 Å². The summed E-state index contributed by atoms with van der Waals surface area (Å²) in [6.45, 7) is 2.60. The molecule has 0 saturated heterocycles. The number of carbonyl (C=O) groups excluding carboxylic acids is 2. The quantitative estimate of drug-likeness (QED) is 0.524. The number of ether oxygens (including phenoxy) is 3. The van der Waals surface area contributed by atoms with Crippen LogP contribution in [0.5, 0.6) is 11.5 Å². The molecule has 172 valence electrons. The van der Waals surface area contributed by atoms with E-state index in [0.717, 1.165) is 11.1 Å². The van der Waals surface area contributed by atoms with Crippen molar-refractivity contribution in [2.75, 3.05) is 20.8 Å². The van der Waals surface area contributed by atoms with E-state index in [-0.39, 0.29) is 11.3 Å². The minimum Gasteiger partial charge on any atom is -0.497 e. The summed E-state index contributed by atoms with van der Waals surface area (Å²) < 4.78 is 20.6. The van der Waals surface area contributed by atoms with Crippen LogP contribution in [0.2, 0.25) is 0 Å². The van der Waals surface area contributed by atoms with Crippen molar-refractivity contribution in [3.63, 3.8) is 0 Å². The van der Waals surface area contributed by atoms with Crippen molar-refractivity contribution in [3.05, 3.63) is 93.0 Å². The van der Waals surface area contributed by atoms with Gasteiger partial charge in [-0.05, 0) is 54.8 Å². The summed E-state index contributed by atoms with van der Waals surface area (Å²) >= 11 is 0. The lowest BCUT2D eigenvalue weighted by Gasteiger charge is -2.20. The molecule has 0 saturated carbocycles. The third kappa shape index (κ3) is 5.79. The van der Waals surface area contributed by atoms with E-state index in [1.54, 1.807) is 45.4 Å². The molecular weight excluding hydrogens is 426 g/mol. The fourth-order valence-corrected chi connectivity index (χ4v) is 3.42. The van der Waals surface area contributed by atoms with E-state index < -0.39 is 30.2 Å². The van der Waals surface area contributed by atoms with Gasteiger partial charge >= 0.3 is 11.6 Å². The molecule has 1 N–H and O–H groups in total. The molecule has 2 aromatic carbocycles. The zero-order valence-corrected chi connectivity index (χ0v) is 18.8. The fraction of sp³-hybridized carbons (Fsp3) is 0.240. The summed E-state index contributed by atoms with van der Waals surface area (Å²) in [5.41, 5.74) is 1.63. The average Bonchev–Trinajstić information content (AvgIpc) is 2.81. The number of amides is 1. The lowest BCUT2D eigenvalue weighted by molar-refractivity contribution is -0.124. The number of hydrogen-bond donors (Lipinski definition) is 1. The van der Waals surface area contributed by atoms with Crippen molar-refractivity contribution < 1.29 is 28.2 Å². The molecule has 0 atom stereocenters. The summed E-state index contributed by atoms with van der Waals surface area (Å²) in [6.07, 6.45) is 0. The highest BCUT2D eigenvalue weighted by Gasteiger charge is 2.21. The largest absolute Gasteiger partial charge is 0.497 e. The van der Waals surface area contributed by atoms with Crippen LogP contribution in [0.25, 0.3) is 0 Å². The second-order valence-corrected chi connectivity index (χ2v) is 7.30. The van der Waals surface area contributed by atoms with Crippen molar-refractivity contribution in [1.82, 2.24) is 5.32 Å². The Morgan fingerprint density at radius 2 is 1.42 bits per heavy atom. The molecular formula is C25H25NO7. The van der Waals surface area contributed by atoms with Crippen molar-refractivity contribution in [1.29, 1.82) is 0 Å². The van der Waals surface area contributed by atoms with Crippen molar-refractivity contribution in [2.24, 2.45) is 0 Å². The molecule has 0 aliphatic rings. The molecule has 1 aromatic heterocycles. The summed E-state index contributed by atoms with van der Waals surface area (Å²) in [5.74, 6) is 0.280. The zero-order valence-electron chi connectivity index (χ0n) is 18.8. The van der Waals surface area contributed by atoms with Crippen molar-refractivity contribution >= 4 is 11.9 Å². The monoisotopic (exact) mass is 451 g/mol. The molecule has 0 spiro atoms. The topological polar surface area (TPSA) is 104 Å². The van der Waals surface area contributed by atoms with Crippen LogP contribution in [0.4, 0.5) is 0 Å². The summed E-state index contributed by atoms with van der Waals surface area (Å²) in [4.78, 5) is 36.6. The van der Waals surface area contributed by atoms with E-state index in [1.807, 2.05) is 24.3 Å². The van der Waals surface area contributed by atoms with Gasteiger partial charge in [0.25, 0.3) is 5.91 Å². The molecule has 0 aliphatic carbocycles. The van der Waals surface area contributed by atoms with Gasteiger partial charge in [0.2, 0.25) is 0 Å². The second kappa shape index (κ2) is 10.5. The summed E-state index contributed by atoms with van der Waals surface area (Å²) in [5, 5.41) is 2.90. The zero-order chi connectivity index (χ0) is 24.0. The van der Waals surface area contributed by atoms with Gasteiger partial charge in [0.05, 0.1) is 20.3 Å². The highest BCUT2D eigenvalue weighted by atomic mass is 16.5.